The van der Waals surface area contributed by atoms with Crippen molar-refractivity contribution in [2.45, 2.75) is 33.7 Å². The molecule has 0 saturated heterocycles. The molecule has 6 nitrogen and oxygen atoms in total. The van der Waals surface area contributed by atoms with Crippen molar-refractivity contribution in [1.82, 2.24) is 10.6 Å². The van der Waals surface area contributed by atoms with Gasteiger partial charge in [-0.1, -0.05) is 12.1 Å². The van der Waals surface area contributed by atoms with Crippen LogP contribution in [0, 0.1) is 0 Å². The lowest BCUT2D eigenvalue weighted by Crippen LogP contribution is -2.38. The van der Waals surface area contributed by atoms with E-state index in [1.54, 1.807) is 19.1 Å². The van der Waals surface area contributed by atoms with Crippen LogP contribution < -0.4 is 10.6 Å². The van der Waals surface area contributed by atoms with Gasteiger partial charge in [0, 0.05) is 26.3 Å². The van der Waals surface area contributed by atoms with Gasteiger partial charge in [0.2, 0.25) is 0 Å². The van der Waals surface area contributed by atoms with E-state index in [9.17, 15) is 4.79 Å². The summed E-state index contributed by atoms with van der Waals surface area (Å²) in [5.74, 6) is 0.486. The predicted octanol–water partition coefficient (Wildman–Crippen LogP) is 2.35. The molecule has 0 heterocycles. The Morgan fingerprint density at radius 1 is 1.08 bits per heavy atom. The fourth-order valence-electron chi connectivity index (χ4n) is 2.00. The van der Waals surface area contributed by atoms with Crippen molar-refractivity contribution in [2.75, 3.05) is 32.9 Å². The van der Waals surface area contributed by atoms with Gasteiger partial charge in [-0.2, -0.15) is 0 Å². The number of nitrogens with zero attached hydrogens (tertiary/aromatic N) is 1. The molecule has 0 aliphatic heterocycles. The zero-order valence-electron chi connectivity index (χ0n) is 14.9. The number of carbonyl (C=O) groups is 1. The molecule has 1 aromatic carbocycles. The molecule has 0 saturated carbocycles. The zero-order valence-corrected chi connectivity index (χ0v) is 14.9. The zero-order chi connectivity index (χ0) is 17.6. The molecule has 0 atom stereocenters. The number of esters is 1. The van der Waals surface area contributed by atoms with Crippen molar-refractivity contribution < 1.29 is 14.3 Å². The van der Waals surface area contributed by atoms with Crippen molar-refractivity contribution in [3.8, 4) is 0 Å². The SMILES string of the molecule is CCNC(=NCc1ccc(C(=O)OCC)cc1)NCCCOCC. The minimum atomic E-state index is -0.295. The van der Waals surface area contributed by atoms with Gasteiger partial charge in [0.05, 0.1) is 18.7 Å². The van der Waals surface area contributed by atoms with Crippen LogP contribution in [0.3, 0.4) is 0 Å². The topological polar surface area (TPSA) is 72.0 Å². The summed E-state index contributed by atoms with van der Waals surface area (Å²) in [5.41, 5.74) is 1.60. The van der Waals surface area contributed by atoms with E-state index in [-0.39, 0.29) is 5.97 Å². The lowest BCUT2D eigenvalue weighted by atomic mass is 10.1. The number of nitrogens with one attached hydrogen (secondary N) is 2. The predicted molar refractivity (Wildman–Crippen MR) is 96.3 cm³/mol. The Kier molecular flexibility index (Phi) is 10.3. The standard InChI is InChI=1S/C18H29N3O3/c1-4-19-18(20-12-7-13-23-5-2)21-14-15-8-10-16(11-9-15)17(22)24-6-3/h8-11H,4-7,12-14H2,1-3H3,(H2,19,20,21). The molecule has 0 fully saturated rings. The van der Waals surface area contributed by atoms with Gasteiger partial charge in [-0.15, -0.1) is 0 Å². The molecule has 2 N–H and O–H groups in total. The third-order valence-electron chi connectivity index (χ3n) is 3.19. The van der Waals surface area contributed by atoms with Gasteiger partial charge in [0.15, 0.2) is 5.96 Å². The molecule has 0 aromatic heterocycles. The van der Waals surface area contributed by atoms with Crippen LogP contribution >= 0.6 is 0 Å². The van der Waals surface area contributed by atoms with Gasteiger partial charge in [0.1, 0.15) is 0 Å². The maximum Gasteiger partial charge on any atom is 0.338 e. The molecule has 1 rings (SSSR count). The Morgan fingerprint density at radius 2 is 1.83 bits per heavy atom. The lowest BCUT2D eigenvalue weighted by Gasteiger charge is -2.11. The summed E-state index contributed by atoms with van der Waals surface area (Å²) in [5, 5.41) is 6.50. The Morgan fingerprint density at radius 3 is 2.46 bits per heavy atom. The van der Waals surface area contributed by atoms with Crippen molar-refractivity contribution in [2.24, 2.45) is 4.99 Å². The maximum absolute atomic E-state index is 11.6. The summed E-state index contributed by atoms with van der Waals surface area (Å²) in [7, 11) is 0. The summed E-state index contributed by atoms with van der Waals surface area (Å²) in [6, 6.07) is 7.33. The number of ether oxygens (including phenoxy) is 2. The second-order valence-corrected chi connectivity index (χ2v) is 5.09. The van der Waals surface area contributed by atoms with E-state index in [0.717, 1.165) is 44.2 Å². The summed E-state index contributed by atoms with van der Waals surface area (Å²) in [4.78, 5) is 16.2. The largest absolute Gasteiger partial charge is 0.462 e. The quantitative estimate of drug-likeness (QED) is 0.297. The number of rotatable bonds is 10. The summed E-state index contributed by atoms with van der Waals surface area (Å²) in [6.07, 6.45) is 0.937. The second-order valence-electron chi connectivity index (χ2n) is 5.09. The first kappa shape index (κ1) is 20.0. The fourth-order valence-corrected chi connectivity index (χ4v) is 2.00. The van der Waals surface area contributed by atoms with Crippen LogP contribution in [0.1, 0.15) is 43.1 Å². The van der Waals surface area contributed by atoms with E-state index in [1.165, 1.54) is 0 Å². The van der Waals surface area contributed by atoms with Crippen LogP contribution in [0.2, 0.25) is 0 Å². The molecule has 1 aromatic rings. The molecular formula is C18H29N3O3. The molecule has 24 heavy (non-hydrogen) atoms. The Hall–Kier alpha value is -2.08. The summed E-state index contributed by atoms with van der Waals surface area (Å²) < 4.78 is 10.3. The Bertz CT molecular complexity index is 501. The van der Waals surface area contributed by atoms with Crippen molar-refractivity contribution in [3.63, 3.8) is 0 Å². The van der Waals surface area contributed by atoms with E-state index in [4.69, 9.17) is 9.47 Å². The Balaban J connectivity index is 2.51. The van der Waals surface area contributed by atoms with Gasteiger partial charge in [-0.05, 0) is 44.9 Å². The first-order valence-electron chi connectivity index (χ1n) is 8.57. The summed E-state index contributed by atoms with van der Waals surface area (Å²) in [6.45, 7) is 9.86. The highest BCUT2D eigenvalue weighted by molar-refractivity contribution is 5.89. The highest BCUT2D eigenvalue weighted by Gasteiger charge is 2.05. The van der Waals surface area contributed by atoms with Crippen LogP contribution in [-0.2, 0) is 16.0 Å². The number of carbonyl (C=O) groups excluding carboxylic acids is 1. The minimum Gasteiger partial charge on any atom is -0.462 e. The first-order valence-corrected chi connectivity index (χ1v) is 8.57. The van der Waals surface area contributed by atoms with Crippen LogP contribution in [0.15, 0.2) is 29.3 Å². The smallest absolute Gasteiger partial charge is 0.338 e. The molecule has 134 valence electrons. The molecule has 0 aliphatic rings. The van der Waals surface area contributed by atoms with E-state index in [0.29, 0.717) is 18.7 Å². The molecule has 0 aliphatic carbocycles. The minimum absolute atomic E-state index is 0.295. The number of hydrogen-bond acceptors (Lipinski definition) is 4. The van der Waals surface area contributed by atoms with Gasteiger partial charge in [0.25, 0.3) is 0 Å². The molecule has 0 amide bonds. The number of guanidine groups is 1. The lowest BCUT2D eigenvalue weighted by molar-refractivity contribution is 0.0526. The molecule has 0 spiro atoms. The van der Waals surface area contributed by atoms with Gasteiger partial charge in [-0.3, -0.25) is 0 Å². The van der Waals surface area contributed by atoms with Crippen molar-refractivity contribution in [1.29, 1.82) is 0 Å². The second kappa shape index (κ2) is 12.4. The summed E-state index contributed by atoms with van der Waals surface area (Å²) >= 11 is 0. The number of hydrogen-bond donors (Lipinski definition) is 2. The molecule has 0 unspecified atom stereocenters. The van der Waals surface area contributed by atoms with Crippen LogP contribution in [0.4, 0.5) is 0 Å². The van der Waals surface area contributed by atoms with Crippen LogP contribution in [0.5, 0.6) is 0 Å². The third kappa shape index (κ3) is 7.97. The molecule has 0 radical (unpaired) electrons. The third-order valence-corrected chi connectivity index (χ3v) is 3.19. The Labute approximate surface area is 144 Å². The molecule has 6 heteroatoms. The van der Waals surface area contributed by atoms with Gasteiger partial charge < -0.3 is 20.1 Å². The average Bonchev–Trinajstić information content (AvgIpc) is 2.60. The van der Waals surface area contributed by atoms with Crippen molar-refractivity contribution >= 4 is 11.9 Å². The van der Waals surface area contributed by atoms with E-state index < -0.39 is 0 Å². The number of aliphatic imine (C=N–C) groups is 1. The highest BCUT2D eigenvalue weighted by atomic mass is 16.5. The van der Waals surface area contributed by atoms with Crippen molar-refractivity contribution in [3.05, 3.63) is 35.4 Å². The normalized spacial score (nSPS) is 11.2. The van der Waals surface area contributed by atoms with Crippen LogP contribution in [0.25, 0.3) is 0 Å². The average molecular weight is 335 g/mol. The first-order chi connectivity index (χ1) is 11.7. The van der Waals surface area contributed by atoms with Gasteiger partial charge >= 0.3 is 5.97 Å². The highest BCUT2D eigenvalue weighted by Crippen LogP contribution is 2.07. The molecule has 0 bridgehead atoms. The monoisotopic (exact) mass is 335 g/mol. The fraction of sp³-hybridized carbons (Fsp3) is 0.556. The molecular weight excluding hydrogens is 306 g/mol. The maximum atomic E-state index is 11.6. The van der Waals surface area contributed by atoms with E-state index in [2.05, 4.69) is 15.6 Å². The van der Waals surface area contributed by atoms with E-state index >= 15 is 0 Å². The van der Waals surface area contributed by atoms with E-state index in [1.807, 2.05) is 26.0 Å². The van der Waals surface area contributed by atoms with Crippen LogP contribution in [-0.4, -0.2) is 44.8 Å². The van der Waals surface area contributed by atoms with Gasteiger partial charge in [-0.25, -0.2) is 9.79 Å². The number of benzene rings is 1.